The predicted molar refractivity (Wildman–Crippen MR) is 63.4 cm³/mol. The molecule has 0 fully saturated rings. The van der Waals surface area contributed by atoms with E-state index in [9.17, 15) is 0 Å². The summed E-state index contributed by atoms with van der Waals surface area (Å²) in [6.45, 7) is 9.19. The minimum absolute atomic E-state index is 0.124. The zero-order valence-electron chi connectivity index (χ0n) is 10.5. The molecule has 0 bridgehead atoms. The lowest BCUT2D eigenvalue weighted by molar-refractivity contribution is 0.141. The normalized spacial score (nSPS) is 14.4. The van der Waals surface area contributed by atoms with Crippen molar-refractivity contribution in [3.8, 4) is 0 Å². The van der Waals surface area contributed by atoms with Crippen LogP contribution < -0.4 is 0 Å². The standard InChI is InChI=1S/C13H28O/c1-5-6-7-8-12(2)9-10-13(3,4)11-14/h12,14H,5-11H2,1-4H3. The van der Waals surface area contributed by atoms with Crippen molar-refractivity contribution in [1.29, 1.82) is 0 Å². The molecule has 0 amide bonds. The van der Waals surface area contributed by atoms with Crippen molar-refractivity contribution in [3.05, 3.63) is 0 Å². The Morgan fingerprint density at radius 1 is 1.14 bits per heavy atom. The number of hydrogen-bond donors (Lipinski definition) is 1. The molecule has 0 aliphatic rings. The van der Waals surface area contributed by atoms with E-state index in [1.807, 2.05) is 0 Å². The Kier molecular flexibility index (Phi) is 7.26. The quantitative estimate of drug-likeness (QED) is 0.587. The number of rotatable bonds is 8. The van der Waals surface area contributed by atoms with Gasteiger partial charge in [0.15, 0.2) is 0 Å². The van der Waals surface area contributed by atoms with E-state index in [1.54, 1.807) is 0 Å². The second-order valence-corrected chi connectivity index (χ2v) is 5.46. The molecule has 0 aromatic carbocycles. The first-order valence-corrected chi connectivity index (χ1v) is 6.12. The van der Waals surface area contributed by atoms with Crippen LogP contribution in [0.15, 0.2) is 0 Å². The largest absolute Gasteiger partial charge is 0.396 e. The molecule has 0 heterocycles. The molecule has 1 unspecified atom stereocenters. The number of hydrogen-bond acceptors (Lipinski definition) is 1. The molecule has 0 spiro atoms. The van der Waals surface area contributed by atoms with Gasteiger partial charge in [0, 0.05) is 6.61 Å². The Hall–Kier alpha value is -0.0400. The average Bonchev–Trinajstić information content (AvgIpc) is 2.16. The Bertz CT molecular complexity index is 129. The third-order valence-corrected chi connectivity index (χ3v) is 3.04. The van der Waals surface area contributed by atoms with Crippen LogP contribution in [0.2, 0.25) is 0 Å². The van der Waals surface area contributed by atoms with Crippen LogP contribution in [0.3, 0.4) is 0 Å². The molecule has 0 aliphatic carbocycles. The van der Waals surface area contributed by atoms with E-state index >= 15 is 0 Å². The van der Waals surface area contributed by atoms with Gasteiger partial charge in [-0.1, -0.05) is 59.8 Å². The van der Waals surface area contributed by atoms with Gasteiger partial charge in [-0.15, -0.1) is 0 Å². The van der Waals surface area contributed by atoms with Crippen LogP contribution in [-0.4, -0.2) is 11.7 Å². The van der Waals surface area contributed by atoms with Crippen LogP contribution in [0, 0.1) is 11.3 Å². The lowest BCUT2D eigenvalue weighted by Gasteiger charge is -2.23. The minimum atomic E-state index is 0.124. The van der Waals surface area contributed by atoms with Crippen LogP contribution in [0.25, 0.3) is 0 Å². The van der Waals surface area contributed by atoms with Gasteiger partial charge in [0.1, 0.15) is 0 Å². The molecule has 1 N–H and O–H groups in total. The van der Waals surface area contributed by atoms with Crippen LogP contribution in [0.5, 0.6) is 0 Å². The van der Waals surface area contributed by atoms with Crippen molar-refractivity contribution < 1.29 is 5.11 Å². The Labute approximate surface area is 89.9 Å². The lowest BCUT2D eigenvalue weighted by atomic mass is 9.85. The maximum absolute atomic E-state index is 9.12. The van der Waals surface area contributed by atoms with Gasteiger partial charge in [-0.2, -0.15) is 0 Å². The first-order valence-electron chi connectivity index (χ1n) is 6.12. The third kappa shape index (κ3) is 7.37. The van der Waals surface area contributed by atoms with Crippen molar-refractivity contribution in [1.82, 2.24) is 0 Å². The summed E-state index contributed by atoms with van der Waals surface area (Å²) in [4.78, 5) is 0. The zero-order valence-corrected chi connectivity index (χ0v) is 10.5. The second-order valence-electron chi connectivity index (χ2n) is 5.46. The summed E-state index contributed by atoms with van der Waals surface area (Å²) < 4.78 is 0. The molecule has 1 atom stereocenters. The number of aliphatic hydroxyl groups is 1. The predicted octanol–water partition coefficient (Wildman–Crippen LogP) is 4.00. The highest BCUT2D eigenvalue weighted by atomic mass is 16.3. The summed E-state index contributed by atoms with van der Waals surface area (Å²) in [7, 11) is 0. The maximum Gasteiger partial charge on any atom is 0.0482 e. The van der Waals surface area contributed by atoms with Gasteiger partial charge >= 0.3 is 0 Å². The third-order valence-electron chi connectivity index (χ3n) is 3.04. The maximum atomic E-state index is 9.12. The summed E-state index contributed by atoms with van der Waals surface area (Å²) in [5, 5.41) is 9.12. The zero-order chi connectivity index (χ0) is 11.0. The molecule has 0 saturated carbocycles. The molecule has 0 aromatic heterocycles. The minimum Gasteiger partial charge on any atom is -0.396 e. The molecule has 0 aliphatic heterocycles. The Morgan fingerprint density at radius 2 is 1.79 bits per heavy atom. The van der Waals surface area contributed by atoms with Crippen molar-refractivity contribution in [2.75, 3.05) is 6.61 Å². The molecule has 0 aromatic rings. The smallest absolute Gasteiger partial charge is 0.0482 e. The average molecular weight is 200 g/mol. The SMILES string of the molecule is CCCCCC(C)CCC(C)(C)CO. The molecule has 0 rings (SSSR count). The van der Waals surface area contributed by atoms with E-state index < -0.39 is 0 Å². The summed E-state index contributed by atoms with van der Waals surface area (Å²) in [6, 6.07) is 0. The van der Waals surface area contributed by atoms with Crippen LogP contribution >= 0.6 is 0 Å². The number of unbranched alkanes of at least 4 members (excludes halogenated alkanes) is 2. The van der Waals surface area contributed by atoms with Gasteiger partial charge in [0.2, 0.25) is 0 Å². The summed E-state index contributed by atoms with van der Waals surface area (Å²) in [5.74, 6) is 0.826. The highest BCUT2D eigenvalue weighted by Crippen LogP contribution is 2.25. The highest BCUT2D eigenvalue weighted by molar-refractivity contribution is 4.68. The topological polar surface area (TPSA) is 20.2 Å². The van der Waals surface area contributed by atoms with Gasteiger partial charge in [0.05, 0.1) is 0 Å². The summed E-state index contributed by atoms with van der Waals surface area (Å²) >= 11 is 0. The van der Waals surface area contributed by atoms with Gasteiger partial charge in [0.25, 0.3) is 0 Å². The number of aliphatic hydroxyl groups excluding tert-OH is 1. The van der Waals surface area contributed by atoms with E-state index in [0.29, 0.717) is 6.61 Å². The van der Waals surface area contributed by atoms with Crippen molar-refractivity contribution in [2.24, 2.45) is 11.3 Å². The molecule has 0 radical (unpaired) electrons. The van der Waals surface area contributed by atoms with Crippen molar-refractivity contribution in [3.63, 3.8) is 0 Å². The fourth-order valence-electron chi connectivity index (χ4n) is 1.60. The fourth-order valence-corrected chi connectivity index (χ4v) is 1.60. The van der Waals surface area contributed by atoms with Gasteiger partial charge < -0.3 is 5.11 Å². The first kappa shape index (κ1) is 14.0. The van der Waals surface area contributed by atoms with E-state index in [0.717, 1.165) is 12.3 Å². The molecule has 14 heavy (non-hydrogen) atoms. The summed E-state index contributed by atoms with van der Waals surface area (Å²) in [5.41, 5.74) is 0.124. The molecular weight excluding hydrogens is 172 g/mol. The molecular formula is C13H28O. The Morgan fingerprint density at radius 3 is 2.29 bits per heavy atom. The van der Waals surface area contributed by atoms with Gasteiger partial charge in [-0.3, -0.25) is 0 Å². The van der Waals surface area contributed by atoms with Gasteiger partial charge in [-0.25, -0.2) is 0 Å². The molecule has 1 nitrogen and oxygen atoms in total. The first-order chi connectivity index (χ1) is 6.52. The van der Waals surface area contributed by atoms with Crippen LogP contribution in [0.4, 0.5) is 0 Å². The van der Waals surface area contributed by atoms with E-state index in [2.05, 4.69) is 27.7 Å². The highest BCUT2D eigenvalue weighted by Gasteiger charge is 2.17. The van der Waals surface area contributed by atoms with Crippen molar-refractivity contribution in [2.45, 2.75) is 66.2 Å². The fraction of sp³-hybridized carbons (Fsp3) is 1.00. The summed E-state index contributed by atoms with van der Waals surface area (Å²) in [6.07, 6.45) is 7.82. The molecule has 86 valence electrons. The van der Waals surface area contributed by atoms with E-state index in [-0.39, 0.29) is 5.41 Å². The second kappa shape index (κ2) is 7.28. The monoisotopic (exact) mass is 200 g/mol. The van der Waals surface area contributed by atoms with E-state index in [1.165, 1.54) is 32.1 Å². The van der Waals surface area contributed by atoms with Gasteiger partial charge in [-0.05, 0) is 17.8 Å². The van der Waals surface area contributed by atoms with Crippen LogP contribution in [-0.2, 0) is 0 Å². The Balaban J connectivity index is 3.48. The lowest BCUT2D eigenvalue weighted by Crippen LogP contribution is -2.17. The molecule has 1 heteroatoms. The van der Waals surface area contributed by atoms with Crippen LogP contribution in [0.1, 0.15) is 66.2 Å². The van der Waals surface area contributed by atoms with E-state index in [4.69, 9.17) is 5.11 Å². The molecule has 0 saturated heterocycles. The van der Waals surface area contributed by atoms with Crippen molar-refractivity contribution >= 4 is 0 Å².